The van der Waals surface area contributed by atoms with Crippen molar-refractivity contribution in [2.75, 3.05) is 16.4 Å². The summed E-state index contributed by atoms with van der Waals surface area (Å²) in [7, 11) is 1.72. The number of pyridine rings is 1. The Labute approximate surface area is 211 Å². The zero-order valence-corrected chi connectivity index (χ0v) is 21.3. The quantitative estimate of drug-likeness (QED) is 0.295. The molecule has 1 aromatic heterocycles. The fourth-order valence-electron chi connectivity index (χ4n) is 4.12. The molecule has 0 aliphatic heterocycles. The van der Waals surface area contributed by atoms with Crippen LogP contribution in [-0.2, 0) is 12.5 Å². The van der Waals surface area contributed by atoms with Crippen LogP contribution in [0.25, 0.3) is 11.1 Å². The Morgan fingerprint density at radius 3 is 2.28 bits per heavy atom. The lowest BCUT2D eigenvalue weighted by molar-refractivity contribution is 0.102. The molecule has 4 aromatic rings. The minimum atomic E-state index is -0.166. The Balaban J connectivity index is 1.63. The molecule has 6 nitrogen and oxygen atoms in total. The molecule has 6 heteroatoms. The second-order valence-electron chi connectivity index (χ2n) is 10.1. The van der Waals surface area contributed by atoms with Gasteiger partial charge in [-0.15, -0.1) is 0 Å². The van der Waals surface area contributed by atoms with E-state index < -0.39 is 0 Å². The Morgan fingerprint density at radius 2 is 1.61 bits per heavy atom. The molecular weight excluding hydrogens is 448 g/mol. The van der Waals surface area contributed by atoms with Crippen LogP contribution in [0.3, 0.4) is 0 Å². The summed E-state index contributed by atoms with van der Waals surface area (Å²) in [4.78, 5) is 25.8. The number of carbonyl (C=O) groups excluding carboxylic acids is 1. The highest BCUT2D eigenvalue weighted by molar-refractivity contribution is 6.05. The van der Waals surface area contributed by atoms with Gasteiger partial charge in [0.15, 0.2) is 0 Å². The van der Waals surface area contributed by atoms with Gasteiger partial charge in [-0.1, -0.05) is 51.1 Å². The van der Waals surface area contributed by atoms with Crippen molar-refractivity contribution in [3.05, 3.63) is 106 Å². The number of benzene rings is 3. The van der Waals surface area contributed by atoms with Crippen molar-refractivity contribution in [2.24, 2.45) is 7.05 Å². The fraction of sp³-hybridized carbons (Fsp3) is 0.200. The number of nitrogen functional groups attached to an aromatic ring is 1. The molecule has 0 atom stereocenters. The average molecular weight is 481 g/mol. The van der Waals surface area contributed by atoms with Crippen molar-refractivity contribution in [1.29, 1.82) is 0 Å². The Hall–Kier alpha value is -4.32. The lowest BCUT2D eigenvalue weighted by Crippen LogP contribution is -2.19. The topological polar surface area (TPSA) is 89.2 Å². The zero-order chi connectivity index (χ0) is 26.0. The molecule has 1 heterocycles. The summed E-state index contributed by atoms with van der Waals surface area (Å²) in [5.74, 6) is -0.166. The molecule has 184 valence electrons. The summed E-state index contributed by atoms with van der Waals surface area (Å²) in [6.07, 6.45) is 1.80. The van der Waals surface area contributed by atoms with Crippen molar-refractivity contribution >= 4 is 28.7 Å². The molecule has 0 saturated heterocycles. The molecule has 0 fully saturated rings. The Bertz CT molecular complexity index is 1480. The van der Waals surface area contributed by atoms with Crippen LogP contribution in [0.1, 0.15) is 42.3 Å². The van der Waals surface area contributed by atoms with E-state index in [9.17, 15) is 9.59 Å². The monoisotopic (exact) mass is 480 g/mol. The van der Waals surface area contributed by atoms with Crippen LogP contribution in [0.4, 0.5) is 22.7 Å². The first-order chi connectivity index (χ1) is 17.0. The molecule has 0 saturated carbocycles. The third-order valence-electron chi connectivity index (χ3n) is 6.26. The van der Waals surface area contributed by atoms with E-state index in [0.717, 1.165) is 28.1 Å². The number of nitrogens with one attached hydrogen (secondary N) is 2. The summed E-state index contributed by atoms with van der Waals surface area (Å²) in [6, 6.07) is 22.6. The van der Waals surface area contributed by atoms with Gasteiger partial charge in [0.05, 0.1) is 0 Å². The van der Waals surface area contributed by atoms with Crippen LogP contribution in [0.5, 0.6) is 0 Å². The van der Waals surface area contributed by atoms with Crippen LogP contribution < -0.4 is 21.9 Å². The van der Waals surface area contributed by atoms with Gasteiger partial charge in [-0.25, -0.2) is 0 Å². The number of nitrogens with zero attached hydrogens (tertiary/aromatic N) is 1. The van der Waals surface area contributed by atoms with Crippen LogP contribution in [-0.4, -0.2) is 10.5 Å². The molecule has 0 spiro atoms. The van der Waals surface area contributed by atoms with E-state index in [0.29, 0.717) is 16.9 Å². The zero-order valence-electron chi connectivity index (χ0n) is 21.3. The van der Waals surface area contributed by atoms with Crippen molar-refractivity contribution < 1.29 is 4.79 Å². The van der Waals surface area contributed by atoms with Gasteiger partial charge in [-0.05, 0) is 71.5 Å². The summed E-state index contributed by atoms with van der Waals surface area (Å²) in [5, 5.41) is 6.23. The van der Waals surface area contributed by atoms with Gasteiger partial charge in [0.1, 0.15) is 5.69 Å². The van der Waals surface area contributed by atoms with E-state index >= 15 is 0 Å². The SMILES string of the molecule is Cc1c(NC(=O)c2ccc(C(C)(C)C)cc2)cccc1-c1cc(Nc2cccc(N)c2)c(=O)n(C)c1. The molecule has 0 bridgehead atoms. The summed E-state index contributed by atoms with van der Waals surface area (Å²) in [5.41, 5.74) is 12.7. The number of hydrogen-bond donors (Lipinski definition) is 3. The molecule has 0 aliphatic rings. The maximum atomic E-state index is 13.0. The molecule has 4 rings (SSSR count). The minimum Gasteiger partial charge on any atom is -0.399 e. The second kappa shape index (κ2) is 9.74. The van der Waals surface area contributed by atoms with Crippen LogP contribution in [0, 0.1) is 6.92 Å². The van der Waals surface area contributed by atoms with Crippen molar-refractivity contribution in [3.8, 4) is 11.1 Å². The highest BCUT2D eigenvalue weighted by Crippen LogP contribution is 2.30. The van der Waals surface area contributed by atoms with Gasteiger partial charge < -0.3 is 20.9 Å². The summed E-state index contributed by atoms with van der Waals surface area (Å²) < 4.78 is 1.55. The fourth-order valence-corrected chi connectivity index (χ4v) is 4.12. The highest BCUT2D eigenvalue weighted by atomic mass is 16.1. The van der Waals surface area contributed by atoms with E-state index in [-0.39, 0.29) is 16.9 Å². The maximum Gasteiger partial charge on any atom is 0.274 e. The van der Waals surface area contributed by atoms with Gasteiger partial charge in [0, 0.05) is 41.4 Å². The smallest absolute Gasteiger partial charge is 0.274 e. The largest absolute Gasteiger partial charge is 0.399 e. The molecule has 4 N–H and O–H groups in total. The van der Waals surface area contributed by atoms with Crippen molar-refractivity contribution in [1.82, 2.24) is 4.57 Å². The number of amides is 1. The molecule has 3 aromatic carbocycles. The van der Waals surface area contributed by atoms with Gasteiger partial charge in [0.25, 0.3) is 11.5 Å². The third kappa shape index (κ3) is 5.33. The third-order valence-corrected chi connectivity index (χ3v) is 6.26. The number of aromatic nitrogens is 1. The van der Waals surface area contributed by atoms with E-state index in [2.05, 4.69) is 31.4 Å². The first-order valence-corrected chi connectivity index (χ1v) is 11.9. The molecule has 0 radical (unpaired) electrons. The van der Waals surface area contributed by atoms with Crippen LogP contribution in [0.2, 0.25) is 0 Å². The number of aryl methyl sites for hydroxylation is 1. The first-order valence-electron chi connectivity index (χ1n) is 11.9. The lowest BCUT2D eigenvalue weighted by Gasteiger charge is -2.19. The van der Waals surface area contributed by atoms with Gasteiger partial charge in [-0.2, -0.15) is 0 Å². The maximum absolute atomic E-state index is 13.0. The molecular formula is C30H32N4O2. The standard InChI is InChI=1S/C30H32N4O2/c1-19-25(21-16-27(29(36)34(5)18-21)32-24-9-6-8-23(31)17-24)10-7-11-26(19)33-28(35)20-12-14-22(15-13-20)30(2,3)4/h6-18,32H,31H2,1-5H3,(H,33,35). The van der Waals surface area contributed by atoms with Crippen molar-refractivity contribution in [3.63, 3.8) is 0 Å². The molecule has 36 heavy (non-hydrogen) atoms. The van der Waals surface area contributed by atoms with Gasteiger partial charge in [-0.3, -0.25) is 9.59 Å². The van der Waals surface area contributed by atoms with E-state index in [1.165, 1.54) is 5.56 Å². The minimum absolute atomic E-state index is 0.0243. The number of anilines is 4. The molecule has 1 amide bonds. The summed E-state index contributed by atoms with van der Waals surface area (Å²) in [6.45, 7) is 8.40. The second-order valence-corrected chi connectivity index (χ2v) is 10.1. The lowest BCUT2D eigenvalue weighted by atomic mass is 9.86. The van der Waals surface area contributed by atoms with Gasteiger partial charge >= 0.3 is 0 Å². The summed E-state index contributed by atoms with van der Waals surface area (Å²) >= 11 is 0. The average Bonchev–Trinajstić information content (AvgIpc) is 2.83. The van der Waals surface area contributed by atoms with Crippen LogP contribution >= 0.6 is 0 Å². The molecule has 0 unspecified atom stereocenters. The van der Waals surface area contributed by atoms with Crippen molar-refractivity contribution in [2.45, 2.75) is 33.1 Å². The predicted octanol–water partition coefficient (Wildman–Crippen LogP) is 6.24. The number of hydrogen-bond acceptors (Lipinski definition) is 4. The van der Waals surface area contributed by atoms with E-state index in [4.69, 9.17) is 5.73 Å². The number of nitrogens with two attached hydrogens (primary N) is 1. The molecule has 0 aliphatic carbocycles. The highest BCUT2D eigenvalue weighted by Gasteiger charge is 2.16. The van der Waals surface area contributed by atoms with E-state index in [1.54, 1.807) is 29.9 Å². The Kier molecular flexibility index (Phi) is 6.71. The first kappa shape index (κ1) is 24.8. The number of rotatable bonds is 5. The Morgan fingerprint density at radius 1 is 0.917 bits per heavy atom. The van der Waals surface area contributed by atoms with Crippen LogP contribution in [0.15, 0.2) is 83.8 Å². The normalized spacial score (nSPS) is 11.2. The number of carbonyl (C=O) groups is 1. The van der Waals surface area contributed by atoms with Gasteiger partial charge in [0.2, 0.25) is 0 Å². The van der Waals surface area contributed by atoms with E-state index in [1.807, 2.05) is 67.6 Å². The predicted molar refractivity (Wildman–Crippen MR) is 149 cm³/mol.